The van der Waals surface area contributed by atoms with Crippen LogP contribution in [0.15, 0.2) is 52.6 Å². The quantitative estimate of drug-likeness (QED) is 0.492. The van der Waals surface area contributed by atoms with E-state index in [9.17, 15) is 10.1 Å². The largest absolute Gasteiger partial charge is 0.404 e. The van der Waals surface area contributed by atoms with E-state index in [0.29, 0.717) is 50.7 Å². The third-order valence-electron chi connectivity index (χ3n) is 5.98. The average molecular weight is 490 g/mol. The first-order valence-corrected chi connectivity index (χ1v) is 12.1. The number of rotatable bonds is 5. The molecule has 0 saturated carbocycles. The normalized spacial score (nSPS) is 16.7. The molecule has 8 heteroatoms. The van der Waals surface area contributed by atoms with Crippen molar-refractivity contribution in [2.45, 2.75) is 25.8 Å². The minimum Gasteiger partial charge on any atom is -0.404 e. The number of ketones is 1. The lowest BCUT2D eigenvalue weighted by Gasteiger charge is -2.15. The molecule has 1 aliphatic heterocycles. The number of fused-ring (bicyclic) bond motifs is 2. The summed E-state index contributed by atoms with van der Waals surface area (Å²) in [7, 11) is 1.66. The van der Waals surface area contributed by atoms with Crippen molar-refractivity contribution in [1.82, 2.24) is 0 Å². The Labute approximate surface area is 207 Å². The van der Waals surface area contributed by atoms with Crippen molar-refractivity contribution in [3.05, 3.63) is 74.8 Å². The molecule has 1 unspecified atom stereocenters. The Morgan fingerprint density at radius 2 is 2.15 bits per heavy atom. The zero-order valence-corrected chi connectivity index (χ0v) is 20.5. The first-order valence-electron chi connectivity index (χ1n) is 10.9. The Morgan fingerprint density at radius 3 is 2.79 bits per heavy atom. The molecule has 4 N–H and O–H groups in total. The highest BCUT2D eigenvalue weighted by Gasteiger charge is 2.28. The van der Waals surface area contributed by atoms with Crippen LogP contribution >= 0.6 is 22.9 Å². The molecule has 2 aromatic carbocycles. The summed E-state index contributed by atoms with van der Waals surface area (Å²) >= 11 is 8.16. The smallest absolute Gasteiger partial charge is 0.167 e. The Morgan fingerprint density at radius 1 is 1.38 bits per heavy atom. The molecule has 1 aromatic heterocycles. The first-order chi connectivity index (χ1) is 16.5. The minimum atomic E-state index is -0.132. The number of nitriles is 1. The van der Waals surface area contributed by atoms with Crippen molar-refractivity contribution in [1.29, 1.82) is 5.26 Å². The van der Waals surface area contributed by atoms with Gasteiger partial charge in [0.05, 0.1) is 32.9 Å². The zero-order chi connectivity index (χ0) is 24.4. The molecule has 1 aliphatic rings. The Bertz CT molecular complexity index is 1430. The van der Waals surface area contributed by atoms with Crippen LogP contribution in [0.1, 0.15) is 51.7 Å². The fourth-order valence-corrected chi connectivity index (χ4v) is 5.83. The lowest BCUT2D eigenvalue weighted by Crippen LogP contribution is -2.18. The van der Waals surface area contributed by atoms with Crippen molar-refractivity contribution < 1.29 is 4.79 Å². The molecule has 0 radical (unpaired) electrons. The van der Waals surface area contributed by atoms with Gasteiger partial charge >= 0.3 is 0 Å². The van der Waals surface area contributed by atoms with Crippen LogP contribution in [-0.2, 0) is 0 Å². The maximum Gasteiger partial charge on any atom is 0.167 e. The summed E-state index contributed by atoms with van der Waals surface area (Å²) in [4.78, 5) is 23.0. The lowest BCUT2D eigenvalue weighted by molar-refractivity contribution is 0.0975. The van der Waals surface area contributed by atoms with Crippen molar-refractivity contribution in [2.24, 2.45) is 21.5 Å². The summed E-state index contributed by atoms with van der Waals surface area (Å²) in [5.41, 5.74) is 16.3. The molecule has 6 nitrogen and oxygen atoms in total. The lowest BCUT2D eigenvalue weighted by atomic mass is 9.91. The van der Waals surface area contributed by atoms with Crippen LogP contribution in [0.2, 0.25) is 5.02 Å². The van der Waals surface area contributed by atoms with Gasteiger partial charge in [0.25, 0.3) is 0 Å². The highest BCUT2D eigenvalue weighted by Crippen LogP contribution is 2.36. The number of benzene rings is 2. The Balaban J connectivity index is 1.91. The van der Waals surface area contributed by atoms with E-state index < -0.39 is 0 Å². The summed E-state index contributed by atoms with van der Waals surface area (Å²) < 4.78 is 0.986. The number of allylic oxidation sites excluding steroid dienone is 1. The number of carbonyl (C=O) groups excluding carboxylic acids is 1. The molecule has 0 amide bonds. The molecule has 0 fully saturated rings. The number of carbonyl (C=O) groups is 1. The summed E-state index contributed by atoms with van der Waals surface area (Å²) in [6.07, 6.45) is 2.48. The number of nitrogens with zero attached hydrogens (tertiary/aromatic N) is 3. The number of hydrogen-bond donors (Lipinski definition) is 2. The molecule has 1 atom stereocenters. The van der Waals surface area contributed by atoms with Crippen LogP contribution in [0.5, 0.6) is 0 Å². The Hall–Kier alpha value is -3.31. The number of aliphatic imine (C=N–C) groups is 2. The first kappa shape index (κ1) is 23.8. The molecular weight excluding hydrogens is 466 g/mol. The monoisotopic (exact) mass is 489 g/mol. The van der Waals surface area contributed by atoms with Crippen LogP contribution in [0.25, 0.3) is 15.7 Å². The molecule has 0 saturated heterocycles. The topological polar surface area (TPSA) is 118 Å². The second kappa shape index (κ2) is 9.90. The van der Waals surface area contributed by atoms with E-state index in [2.05, 4.69) is 11.1 Å². The van der Waals surface area contributed by atoms with Gasteiger partial charge in [-0.3, -0.25) is 14.8 Å². The third kappa shape index (κ3) is 4.05. The number of nitrogens with two attached hydrogens (primary N) is 2. The van der Waals surface area contributed by atoms with Gasteiger partial charge in [-0.25, -0.2) is 0 Å². The summed E-state index contributed by atoms with van der Waals surface area (Å²) in [5.74, 6) is -0.0514. The van der Waals surface area contributed by atoms with E-state index in [-0.39, 0.29) is 18.4 Å². The molecule has 172 valence electrons. The van der Waals surface area contributed by atoms with Gasteiger partial charge < -0.3 is 11.5 Å². The SMILES string of the molecule is CCC1CC(=O)c2c(Cl)cc(/C(=C/N)C(=NC)c3sc4ccccc4c3C#N)cc2C(CN)=N1. The summed E-state index contributed by atoms with van der Waals surface area (Å²) in [5, 5.41) is 11.1. The highest BCUT2D eigenvalue weighted by atomic mass is 35.5. The third-order valence-corrected chi connectivity index (χ3v) is 7.46. The minimum absolute atomic E-state index is 0.0514. The molecule has 0 aliphatic carbocycles. The predicted octanol–water partition coefficient (Wildman–Crippen LogP) is 4.96. The summed E-state index contributed by atoms with van der Waals surface area (Å²) in [6, 6.07) is 13.5. The van der Waals surface area contributed by atoms with Gasteiger partial charge in [0.15, 0.2) is 5.78 Å². The molecule has 4 rings (SSSR count). The fourth-order valence-electron chi connectivity index (χ4n) is 4.30. The average Bonchev–Trinajstić information content (AvgIpc) is 3.15. The second-order valence-electron chi connectivity index (χ2n) is 7.92. The molecule has 2 heterocycles. The van der Waals surface area contributed by atoms with Crippen LogP contribution in [0.4, 0.5) is 0 Å². The van der Waals surface area contributed by atoms with Crippen molar-refractivity contribution in [3.63, 3.8) is 0 Å². The van der Waals surface area contributed by atoms with Crippen LogP contribution in [0.3, 0.4) is 0 Å². The number of hydrogen-bond acceptors (Lipinski definition) is 7. The molecule has 34 heavy (non-hydrogen) atoms. The molecular formula is C26H24ClN5OS. The summed E-state index contributed by atoms with van der Waals surface area (Å²) in [6.45, 7) is 2.18. The van der Waals surface area contributed by atoms with E-state index >= 15 is 0 Å². The van der Waals surface area contributed by atoms with Gasteiger partial charge in [0.2, 0.25) is 0 Å². The zero-order valence-electron chi connectivity index (χ0n) is 18.9. The number of halogens is 1. The van der Waals surface area contributed by atoms with E-state index in [1.807, 2.05) is 37.3 Å². The van der Waals surface area contributed by atoms with Gasteiger partial charge in [-0.15, -0.1) is 11.3 Å². The van der Waals surface area contributed by atoms with Crippen LogP contribution < -0.4 is 11.5 Å². The van der Waals surface area contributed by atoms with Crippen LogP contribution in [0, 0.1) is 11.3 Å². The van der Waals surface area contributed by atoms with Crippen molar-refractivity contribution in [3.8, 4) is 6.07 Å². The van der Waals surface area contributed by atoms with E-state index in [1.165, 1.54) is 17.5 Å². The van der Waals surface area contributed by atoms with Crippen molar-refractivity contribution in [2.75, 3.05) is 13.6 Å². The molecule has 0 spiro atoms. The van der Waals surface area contributed by atoms with E-state index in [1.54, 1.807) is 13.1 Å². The van der Waals surface area contributed by atoms with Crippen molar-refractivity contribution >= 4 is 55.8 Å². The second-order valence-corrected chi connectivity index (χ2v) is 9.38. The maximum absolute atomic E-state index is 13.0. The maximum atomic E-state index is 13.0. The standard InChI is InChI=1S/C26H24ClN5OS/c1-3-15-10-22(33)24-17(21(13-30)32-15)8-14(9-20(24)27)18(11-28)25(31-2)26-19(12-29)16-6-4-5-7-23(16)34-26/h4-9,11,15H,3,10,13,28,30H2,1-2H3/b18-11-,31-25?. The van der Waals surface area contributed by atoms with E-state index in [4.69, 9.17) is 28.1 Å². The number of thiophene rings is 1. The van der Waals surface area contributed by atoms with Gasteiger partial charge in [-0.05, 0) is 30.2 Å². The fraction of sp³-hybridized carbons (Fsp3) is 0.231. The molecule has 0 bridgehead atoms. The van der Waals surface area contributed by atoms with Gasteiger partial charge in [-0.1, -0.05) is 36.7 Å². The highest BCUT2D eigenvalue weighted by molar-refractivity contribution is 7.21. The molecule has 3 aromatic rings. The van der Waals surface area contributed by atoms with Gasteiger partial charge in [0.1, 0.15) is 6.07 Å². The Kier molecular flexibility index (Phi) is 6.94. The number of Topliss-reactive ketones (excluding diaryl/α,β-unsaturated/α-hetero) is 1. The van der Waals surface area contributed by atoms with Gasteiger partial charge in [-0.2, -0.15) is 5.26 Å². The van der Waals surface area contributed by atoms with Crippen LogP contribution in [-0.4, -0.2) is 36.8 Å². The van der Waals surface area contributed by atoms with E-state index in [0.717, 1.165) is 21.4 Å². The predicted molar refractivity (Wildman–Crippen MR) is 141 cm³/mol. The van der Waals surface area contributed by atoms with Gasteiger partial charge in [0, 0.05) is 53.0 Å².